The summed E-state index contributed by atoms with van der Waals surface area (Å²) in [6.45, 7) is 0. The SMILES string of the molecule is OC(O)c1c2ccccc2cc2ccc3ccccc3c12. The number of aliphatic hydroxyl groups excluding tert-OH is 1. The van der Waals surface area contributed by atoms with E-state index in [1.54, 1.807) is 0 Å². The van der Waals surface area contributed by atoms with E-state index in [0.29, 0.717) is 5.56 Å². The fraction of sp³-hybridized carbons (Fsp3) is 0.0526. The summed E-state index contributed by atoms with van der Waals surface area (Å²) in [5.41, 5.74) is 0.583. The van der Waals surface area contributed by atoms with E-state index in [0.717, 1.165) is 32.3 Å². The Hall–Kier alpha value is -2.42. The van der Waals surface area contributed by atoms with Gasteiger partial charge in [-0.3, -0.25) is 0 Å². The summed E-state index contributed by atoms with van der Waals surface area (Å²) in [6.07, 6.45) is -1.50. The maximum Gasteiger partial charge on any atom is 0.179 e. The zero-order valence-electron chi connectivity index (χ0n) is 11.3. The molecule has 0 aliphatic heterocycles. The number of fused-ring (bicyclic) bond motifs is 4. The van der Waals surface area contributed by atoms with Crippen LogP contribution in [0.4, 0.5) is 0 Å². The second-order valence-corrected chi connectivity index (χ2v) is 5.27. The average molecular weight is 274 g/mol. The summed E-state index contributed by atoms with van der Waals surface area (Å²) in [4.78, 5) is 0. The molecule has 0 aliphatic rings. The van der Waals surface area contributed by atoms with Gasteiger partial charge in [0.2, 0.25) is 0 Å². The summed E-state index contributed by atoms with van der Waals surface area (Å²) in [5.74, 6) is 0. The Morgan fingerprint density at radius 1 is 0.619 bits per heavy atom. The van der Waals surface area contributed by atoms with Crippen LogP contribution >= 0.6 is 0 Å². The minimum Gasteiger partial charge on any atom is -0.364 e. The second-order valence-electron chi connectivity index (χ2n) is 5.27. The van der Waals surface area contributed by atoms with Crippen LogP contribution in [0.1, 0.15) is 11.9 Å². The van der Waals surface area contributed by atoms with E-state index in [-0.39, 0.29) is 0 Å². The first-order valence-corrected chi connectivity index (χ1v) is 6.95. The molecule has 0 radical (unpaired) electrons. The molecule has 0 spiro atoms. The largest absolute Gasteiger partial charge is 0.364 e. The normalized spacial score (nSPS) is 11.8. The van der Waals surface area contributed by atoms with Crippen molar-refractivity contribution in [1.29, 1.82) is 0 Å². The Morgan fingerprint density at radius 3 is 2.00 bits per heavy atom. The molecule has 0 aliphatic carbocycles. The standard InChI is InChI=1S/C19H14O2/c20-19(21)18-16-8-4-2-6-13(16)11-14-10-9-12-5-1-3-7-15(12)17(14)18/h1-11,19-21H. The van der Waals surface area contributed by atoms with Crippen molar-refractivity contribution < 1.29 is 10.2 Å². The number of hydrogen-bond acceptors (Lipinski definition) is 2. The molecule has 0 amide bonds. The topological polar surface area (TPSA) is 40.5 Å². The fourth-order valence-electron chi connectivity index (χ4n) is 3.15. The Bertz CT molecular complexity index is 971. The average Bonchev–Trinajstić information content (AvgIpc) is 2.52. The lowest BCUT2D eigenvalue weighted by molar-refractivity contribution is -0.0401. The van der Waals surface area contributed by atoms with Crippen molar-refractivity contribution in [1.82, 2.24) is 0 Å². The lowest BCUT2D eigenvalue weighted by Gasteiger charge is -2.15. The molecular weight excluding hydrogens is 260 g/mol. The molecule has 2 heteroatoms. The smallest absolute Gasteiger partial charge is 0.179 e. The molecule has 0 saturated heterocycles. The summed E-state index contributed by atoms with van der Waals surface area (Å²) < 4.78 is 0. The van der Waals surface area contributed by atoms with Gasteiger partial charge >= 0.3 is 0 Å². The van der Waals surface area contributed by atoms with Gasteiger partial charge in [0.05, 0.1) is 0 Å². The number of rotatable bonds is 1. The molecule has 0 heterocycles. The van der Waals surface area contributed by atoms with Crippen LogP contribution in [0.3, 0.4) is 0 Å². The van der Waals surface area contributed by atoms with Gasteiger partial charge in [-0.05, 0) is 38.4 Å². The molecule has 0 aromatic heterocycles. The highest BCUT2D eigenvalue weighted by atomic mass is 16.5. The fourth-order valence-corrected chi connectivity index (χ4v) is 3.15. The van der Waals surface area contributed by atoms with Gasteiger partial charge in [0.15, 0.2) is 6.29 Å². The first-order valence-electron chi connectivity index (χ1n) is 6.95. The summed E-state index contributed by atoms with van der Waals surface area (Å²) in [7, 11) is 0. The minimum absolute atomic E-state index is 0.583. The molecule has 2 N–H and O–H groups in total. The Balaban J connectivity index is 2.33. The Kier molecular flexibility index (Phi) is 2.67. The Morgan fingerprint density at radius 2 is 1.24 bits per heavy atom. The van der Waals surface area contributed by atoms with Gasteiger partial charge < -0.3 is 10.2 Å². The highest BCUT2D eigenvalue weighted by Gasteiger charge is 2.15. The van der Waals surface area contributed by atoms with E-state index in [1.807, 2.05) is 54.6 Å². The van der Waals surface area contributed by atoms with Crippen molar-refractivity contribution >= 4 is 32.3 Å². The molecule has 21 heavy (non-hydrogen) atoms. The lowest BCUT2D eigenvalue weighted by Crippen LogP contribution is -1.98. The van der Waals surface area contributed by atoms with Crippen molar-refractivity contribution in [3.05, 3.63) is 72.3 Å². The lowest BCUT2D eigenvalue weighted by atomic mass is 9.92. The summed E-state index contributed by atoms with van der Waals surface area (Å²) in [6, 6.07) is 22.1. The van der Waals surface area contributed by atoms with E-state index in [4.69, 9.17) is 0 Å². The van der Waals surface area contributed by atoms with E-state index in [9.17, 15) is 10.2 Å². The van der Waals surface area contributed by atoms with Crippen LogP contribution in [0.2, 0.25) is 0 Å². The Labute approximate surface area is 121 Å². The van der Waals surface area contributed by atoms with E-state index in [2.05, 4.69) is 12.1 Å². The van der Waals surface area contributed by atoms with Crippen LogP contribution in [0, 0.1) is 0 Å². The van der Waals surface area contributed by atoms with Crippen molar-refractivity contribution in [2.75, 3.05) is 0 Å². The predicted molar refractivity (Wildman–Crippen MR) is 86.1 cm³/mol. The van der Waals surface area contributed by atoms with Crippen LogP contribution in [-0.2, 0) is 0 Å². The van der Waals surface area contributed by atoms with Gasteiger partial charge in [-0.2, -0.15) is 0 Å². The highest BCUT2D eigenvalue weighted by molar-refractivity contribution is 6.14. The first-order chi connectivity index (χ1) is 10.3. The molecule has 4 aromatic carbocycles. The third kappa shape index (κ3) is 1.81. The second kappa shape index (κ2) is 4.55. The van der Waals surface area contributed by atoms with Gasteiger partial charge in [-0.15, -0.1) is 0 Å². The van der Waals surface area contributed by atoms with Crippen molar-refractivity contribution in [3.8, 4) is 0 Å². The summed E-state index contributed by atoms with van der Waals surface area (Å²) in [5, 5.41) is 25.9. The molecular formula is C19H14O2. The zero-order valence-corrected chi connectivity index (χ0v) is 11.3. The van der Waals surface area contributed by atoms with Crippen LogP contribution in [0.5, 0.6) is 0 Å². The van der Waals surface area contributed by atoms with Crippen LogP contribution < -0.4 is 0 Å². The highest BCUT2D eigenvalue weighted by Crippen LogP contribution is 2.36. The van der Waals surface area contributed by atoms with Crippen molar-refractivity contribution in [2.24, 2.45) is 0 Å². The van der Waals surface area contributed by atoms with E-state index in [1.165, 1.54) is 0 Å². The molecule has 0 fully saturated rings. The molecule has 4 aromatic rings. The number of aliphatic hydroxyl groups is 2. The molecule has 102 valence electrons. The number of benzene rings is 4. The van der Waals surface area contributed by atoms with Gasteiger partial charge in [0, 0.05) is 5.56 Å². The predicted octanol–water partition coefficient (Wildman–Crippen LogP) is 4.13. The van der Waals surface area contributed by atoms with Gasteiger partial charge in [0.1, 0.15) is 0 Å². The van der Waals surface area contributed by atoms with Crippen molar-refractivity contribution in [3.63, 3.8) is 0 Å². The maximum atomic E-state index is 9.93. The summed E-state index contributed by atoms with van der Waals surface area (Å²) >= 11 is 0. The number of hydrogen-bond donors (Lipinski definition) is 2. The third-order valence-corrected chi connectivity index (χ3v) is 4.05. The van der Waals surface area contributed by atoms with Gasteiger partial charge in [-0.1, -0.05) is 60.7 Å². The first kappa shape index (κ1) is 12.3. The van der Waals surface area contributed by atoms with Gasteiger partial charge in [0.25, 0.3) is 0 Å². The quantitative estimate of drug-likeness (QED) is 0.311. The molecule has 0 saturated carbocycles. The van der Waals surface area contributed by atoms with E-state index >= 15 is 0 Å². The zero-order chi connectivity index (χ0) is 14.4. The third-order valence-electron chi connectivity index (χ3n) is 4.05. The van der Waals surface area contributed by atoms with Crippen LogP contribution in [-0.4, -0.2) is 10.2 Å². The molecule has 0 bridgehead atoms. The molecule has 0 atom stereocenters. The van der Waals surface area contributed by atoms with Crippen LogP contribution in [0.25, 0.3) is 32.3 Å². The monoisotopic (exact) mass is 274 g/mol. The van der Waals surface area contributed by atoms with Crippen LogP contribution in [0.15, 0.2) is 66.7 Å². The molecule has 4 rings (SSSR count). The van der Waals surface area contributed by atoms with Gasteiger partial charge in [-0.25, -0.2) is 0 Å². The maximum absolute atomic E-state index is 9.93. The molecule has 0 unspecified atom stereocenters. The van der Waals surface area contributed by atoms with Crippen molar-refractivity contribution in [2.45, 2.75) is 6.29 Å². The minimum atomic E-state index is -1.50. The molecule has 2 nitrogen and oxygen atoms in total. The van der Waals surface area contributed by atoms with E-state index < -0.39 is 6.29 Å².